The van der Waals surface area contributed by atoms with E-state index in [0.717, 1.165) is 23.8 Å². The second-order valence-electron chi connectivity index (χ2n) is 5.52. The molecule has 0 aliphatic carbocycles. The molecule has 1 heterocycles. The lowest BCUT2D eigenvalue weighted by atomic mass is 9.96. The molecule has 98 valence electrons. The van der Waals surface area contributed by atoms with Crippen molar-refractivity contribution in [2.75, 3.05) is 5.75 Å². The zero-order valence-electron chi connectivity index (χ0n) is 11.2. The van der Waals surface area contributed by atoms with Crippen LogP contribution < -0.4 is 11.1 Å². The molecule has 1 rings (SSSR count). The number of carbonyl (C=O) groups excluding carboxylic acids is 1. The van der Waals surface area contributed by atoms with Crippen molar-refractivity contribution in [1.82, 2.24) is 5.32 Å². The lowest BCUT2D eigenvalue weighted by molar-refractivity contribution is -0.119. The van der Waals surface area contributed by atoms with Gasteiger partial charge in [0, 0.05) is 17.7 Å². The molecular formula is C12H23N3OS. The van der Waals surface area contributed by atoms with Gasteiger partial charge in [-0.05, 0) is 33.6 Å². The first kappa shape index (κ1) is 14.4. The van der Waals surface area contributed by atoms with Crippen LogP contribution in [0.4, 0.5) is 0 Å². The lowest BCUT2D eigenvalue weighted by Gasteiger charge is -2.33. The number of rotatable bonds is 4. The molecule has 0 saturated heterocycles. The molecule has 0 spiro atoms. The average molecular weight is 257 g/mol. The third-order valence-corrected chi connectivity index (χ3v) is 3.95. The molecule has 0 fully saturated rings. The number of amides is 1. The predicted octanol–water partition coefficient (Wildman–Crippen LogP) is 1.89. The minimum absolute atomic E-state index is 0.0381. The van der Waals surface area contributed by atoms with Crippen molar-refractivity contribution in [3.63, 3.8) is 0 Å². The second-order valence-corrected chi connectivity index (χ2v) is 6.60. The van der Waals surface area contributed by atoms with Crippen LogP contribution in [0.15, 0.2) is 4.99 Å². The molecule has 1 atom stereocenters. The first-order valence-corrected chi connectivity index (χ1v) is 7.04. The van der Waals surface area contributed by atoms with Crippen LogP contribution in [0.1, 0.15) is 47.0 Å². The van der Waals surface area contributed by atoms with Crippen molar-refractivity contribution in [3.05, 3.63) is 0 Å². The molecule has 5 heteroatoms. The fourth-order valence-corrected chi connectivity index (χ4v) is 3.16. The van der Waals surface area contributed by atoms with Gasteiger partial charge in [0.2, 0.25) is 5.91 Å². The normalized spacial score (nSPS) is 25.3. The highest BCUT2D eigenvalue weighted by atomic mass is 32.2. The summed E-state index contributed by atoms with van der Waals surface area (Å²) in [7, 11) is 0. The average Bonchev–Trinajstić information content (AvgIpc) is 2.14. The highest BCUT2D eigenvalue weighted by Crippen LogP contribution is 2.29. The second kappa shape index (κ2) is 5.29. The number of carbonyl (C=O) groups is 1. The van der Waals surface area contributed by atoms with Gasteiger partial charge >= 0.3 is 0 Å². The van der Waals surface area contributed by atoms with Crippen molar-refractivity contribution in [3.8, 4) is 0 Å². The van der Waals surface area contributed by atoms with Crippen LogP contribution in [0.5, 0.6) is 0 Å². The van der Waals surface area contributed by atoms with Gasteiger partial charge in [-0.15, -0.1) is 0 Å². The Kier molecular flexibility index (Phi) is 4.47. The third kappa shape index (κ3) is 4.58. The summed E-state index contributed by atoms with van der Waals surface area (Å²) < 4.78 is 0. The zero-order valence-corrected chi connectivity index (χ0v) is 12.0. The molecule has 0 radical (unpaired) electrons. The first-order valence-electron chi connectivity index (χ1n) is 6.05. The summed E-state index contributed by atoms with van der Waals surface area (Å²) in [5.41, 5.74) is 4.95. The number of nitrogens with zero attached hydrogens (tertiary/aromatic N) is 1. The smallest absolute Gasteiger partial charge is 0.219 e. The number of aliphatic imine (C=N–C) groups is 1. The molecule has 0 bridgehead atoms. The van der Waals surface area contributed by atoms with E-state index in [4.69, 9.17) is 10.7 Å². The number of thioether (sulfide) groups is 1. The molecule has 0 saturated carbocycles. The maximum absolute atomic E-state index is 11.0. The Morgan fingerprint density at radius 1 is 1.65 bits per heavy atom. The molecule has 1 amide bonds. The Balaban J connectivity index is 2.71. The highest BCUT2D eigenvalue weighted by molar-refractivity contribution is 8.13. The monoisotopic (exact) mass is 257 g/mol. The molecule has 1 unspecified atom stereocenters. The number of nitrogens with two attached hydrogens (primary N) is 1. The zero-order chi connectivity index (χ0) is 13.1. The Bertz CT molecular complexity index is 328. The lowest BCUT2D eigenvalue weighted by Crippen LogP contribution is -2.47. The van der Waals surface area contributed by atoms with Gasteiger partial charge in [-0.1, -0.05) is 18.7 Å². The van der Waals surface area contributed by atoms with E-state index in [1.54, 1.807) is 11.8 Å². The standard InChI is InChI=1S/C12H23N3OS/c1-5-12(4)6-7-17-10(15-12)14-11(2,3)8-9(13)16/h5-8H2,1-4H3,(H2,13,16)(H,14,15). The topological polar surface area (TPSA) is 67.5 Å². The van der Waals surface area contributed by atoms with Gasteiger partial charge in [0.05, 0.1) is 5.54 Å². The molecule has 0 aromatic rings. The van der Waals surface area contributed by atoms with E-state index in [9.17, 15) is 4.79 Å². The minimum atomic E-state index is -0.330. The quantitative estimate of drug-likeness (QED) is 0.808. The summed E-state index contributed by atoms with van der Waals surface area (Å²) in [5, 5.41) is 4.27. The predicted molar refractivity (Wildman–Crippen MR) is 74.2 cm³/mol. The van der Waals surface area contributed by atoms with Crippen LogP contribution in [0.3, 0.4) is 0 Å². The van der Waals surface area contributed by atoms with E-state index < -0.39 is 0 Å². The number of primary amides is 1. The maximum Gasteiger partial charge on any atom is 0.219 e. The van der Waals surface area contributed by atoms with E-state index in [-0.39, 0.29) is 17.0 Å². The van der Waals surface area contributed by atoms with Crippen LogP contribution >= 0.6 is 11.8 Å². The van der Waals surface area contributed by atoms with Crippen molar-refractivity contribution in [2.45, 2.75) is 58.0 Å². The Morgan fingerprint density at radius 3 is 2.82 bits per heavy atom. The van der Waals surface area contributed by atoms with E-state index in [1.807, 2.05) is 13.8 Å². The molecule has 0 aromatic carbocycles. The van der Waals surface area contributed by atoms with E-state index >= 15 is 0 Å². The fourth-order valence-electron chi connectivity index (χ4n) is 1.79. The summed E-state index contributed by atoms with van der Waals surface area (Å²) in [6.07, 6.45) is 2.46. The summed E-state index contributed by atoms with van der Waals surface area (Å²) in [5.74, 6) is 0.783. The largest absolute Gasteiger partial charge is 0.370 e. The van der Waals surface area contributed by atoms with E-state index in [0.29, 0.717) is 6.42 Å². The summed E-state index contributed by atoms with van der Waals surface area (Å²) >= 11 is 1.72. The third-order valence-electron chi connectivity index (χ3n) is 3.07. The van der Waals surface area contributed by atoms with E-state index in [1.165, 1.54) is 0 Å². The van der Waals surface area contributed by atoms with Gasteiger partial charge < -0.3 is 11.1 Å². The van der Waals surface area contributed by atoms with Gasteiger partial charge in [0.1, 0.15) is 0 Å². The van der Waals surface area contributed by atoms with Crippen LogP contribution in [0.25, 0.3) is 0 Å². The molecule has 1 aliphatic rings. The van der Waals surface area contributed by atoms with Crippen LogP contribution in [0, 0.1) is 0 Å². The molecular weight excluding hydrogens is 234 g/mol. The van der Waals surface area contributed by atoms with Gasteiger partial charge in [-0.3, -0.25) is 9.79 Å². The Hall–Kier alpha value is -0.710. The molecule has 0 aromatic heterocycles. The van der Waals surface area contributed by atoms with Gasteiger partial charge in [-0.2, -0.15) is 0 Å². The Labute approximate surface area is 108 Å². The molecule has 17 heavy (non-hydrogen) atoms. The number of hydrogen-bond acceptors (Lipinski definition) is 4. The van der Waals surface area contributed by atoms with Crippen molar-refractivity contribution < 1.29 is 4.79 Å². The minimum Gasteiger partial charge on any atom is -0.370 e. The molecule has 1 aliphatic heterocycles. The summed E-state index contributed by atoms with van der Waals surface area (Å²) in [6.45, 7) is 8.28. The molecule has 3 N–H and O–H groups in total. The number of nitrogens with one attached hydrogen (secondary N) is 1. The van der Waals surface area contributed by atoms with Gasteiger partial charge in [-0.25, -0.2) is 0 Å². The fraction of sp³-hybridized carbons (Fsp3) is 0.833. The van der Waals surface area contributed by atoms with Crippen molar-refractivity contribution in [2.24, 2.45) is 10.7 Å². The van der Waals surface area contributed by atoms with E-state index in [2.05, 4.69) is 19.2 Å². The first-order chi connectivity index (χ1) is 7.76. The maximum atomic E-state index is 11.0. The molecule has 4 nitrogen and oxygen atoms in total. The van der Waals surface area contributed by atoms with Crippen LogP contribution in [0.2, 0.25) is 0 Å². The highest BCUT2D eigenvalue weighted by Gasteiger charge is 2.29. The summed E-state index contributed by atoms with van der Waals surface area (Å²) in [6, 6.07) is 0. The van der Waals surface area contributed by atoms with Crippen molar-refractivity contribution >= 4 is 22.8 Å². The number of hydrogen-bond donors (Lipinski definition) is 2. The number of amidine groups is 1. The Morgan fingerprint density at radius 2 is 2.29 bits per heavy atom. The van der Waals surface area contributed by atoms with Gasteiger partial charge in [0.15, 0.2) is 5.17 Å². The SMILES string of the molecule is CCC1(C)CCSC(NC(C)(C)CC(N)=O)=N1. The van der Waals surface area contributed by atoms with Gasteiger partial charge in [0.25, 0.3) is 0 Å². The summed E-state index contributed by atoms with van der Waals surface area (Å²) in [4.78, 5) is 15.7. The van der Waals surface area contributed by atoms with Crippen molar-refractivity contribution in [1.29, 1.82) is 0 Å². The van der Waals surface area contributed by atoms with Crippen LogP contribution in [-0.4, -0.2) is 27.9 Å². The van der Waals surface area contributed by atoms with Crippen LogP contribution in [-0.2, 0) is 4.79 Å².